The Bertz CT molecular complexity index is 580. The van der Waals surface area contributed by atoms with Gasteiger partial charge >= 0.3 is 0 Å². The number of benzene rings is 1. The van der Waals surface area contributed by atoms with Crippen molar-refractivity contribution >= 4 is 0 Å². The van der Waals surface area contributed by atoms with Gasteiger partial charge in [0.05, 0.1) is 12.5 Å². The number of fused-ring (bicyclic) bond motifs is 1. The zero-order valence-electron chi connectivity index (χ0n) is 11.6. The Hall–Kier alpha value is -1.88. The van der Waals surface area contributed by atoms with E-state index in [0.717, 1.165) is 30.8 Å². The van der Waals surface area contributed by atoms with Crippen LogP contribution in [-0.2, 0) is 12.8 Å². The van der Waals surface area contributed by atoms with Crippen molar-refractivity contribution < 1.29 is 9.26 Å². The summed E-state index contributed by atoms with van der Waals surface area (Å²) in [6, 6.07) is 8.23. The summed E-state index contributed by atoms with van der Waals surface area (Å²) in [5, 5.41) is 4.08. The molecule has 106 valence electrons. The summed E-state index contributed by atoms with van der Waals surface area (Å²) in [5.41, 5.74) is 6.93. The van der Waals surface area contributed by atoms with Crippen molar-refractivity contribution in [3.8, 4) is 5.75 Å². The molecule has 0 spiro atoms. The van der Waals surface area contributed by atoms with Crippen LogP contribution < -0.4 is 10.5 Å². The third kappa shape index (κ3) is 2.82. The van der Waals surface area contributed by atoms with Crippen molar-refractivity contribution in [1.29, 1.82) is 0 Å². The second-order valence-electron chi connectivity index (χ2n) is 5.38. The first-order valence-corrected chi connectivity index (χ1v) is 7.01. The Morgan fingerprint density at radius 2 is 2.25 bits per heavy atom. The standard InChI is InChI=1S/C15H19N3O2/c1-10(16)6-7-14-17-15(18-20-14)12-8-11-4-2-3-5-13(11)19-9-12/h2-5,10,12H,6-9,16H2,1H3. The van der Waals surface area contributed by atoms with Crippen LogP contribution in [0.1, 0.15) is 36.5 Å². The van der Waals surface area contributed by atoms with Gasteiger partial charge in [-0.15, -0.1) is 0 Å². The number of hydrogen-bond donors (Lipinski definition) is 1. The summed E-state index contributed by atoms with van der Waals surface area (Å²) < 4.78 is 11.0. The van der Waals surface area contributed by atoms with Crippen LogP contribution in [0.25, 0.3) is 0 Å². The largest absolute Gasteiger partial charge is 0.493 e. The van der Waals surface area contributed by atoms with E-state index in [4.69, 9.17) is 15.0 Å². The van der Waals surface area contributed by atoms with Crippen molar-refractivity contribution in [2.75, 3.05) is 6.61 Å². The van der Waals surface area contributed by atoms with Gasteiger partial charge in [0, 0.05) is 12.5 Å². The molecule has 20 heavy (non-hydrogen) atoms. The highest BCUT2D eigenvalue weighted by molar-refractivity contribution is 5.36. The lowest BCUT2D eigenvalue weighted by Crippen LogP contribution is -2.20. The Kier molecular flexibility index (Phi) is 3.69. The van der Waals surface area contributed by atoms with Crippen molar-refractivity contribution in [3.05, 3.63) is 41.5 Å². The van der Waals surface area contributed by atoms with Gasteiger partial charge < -0.3 is 15.0 Å². The number of hydrogen-bond acceptors (Lipinski definition) is 5. The van der Waals surface area contributed by atoms with Crippen molar-refractivity contribution in [2.24, 2.45) is 5.73 Å². The molecule has 2 unspecified atom stereocenters. The molecule has 1 aromatic heterocycles. The van der Waals surface area contributed by atoms with Crippen LogP contribution >= 0.6 is 0 Å². The molecule has 1 aromatic carbocycles. The van der Waals surface area contributed by atoms with E-state index in [9.17, 15) is 0 Å². The molecule has 2 aromatic rings. The minimum Gasteiger partial charge on any atom is -0.493 e. The van der Waals surface area contributed by atoms with E-state index in [-0.39, 0.29) is 12.0 Å². The SMILES string of the molecule is CC(N)CCc1nc(C2COc3ccccc3C2)no1. The molecule has 0 fully saturated rings. The van der Waals surface area contributed by atoms with Crippen LogP contribution in [0.4, 0.5) is 0 Å². The first-order chi connectivity index (χ1) is 9.72. The maximum absolute atomic E-state index is 5.76. The van der Waals surface area contributed by atoms with Gasteiger partial charge in [-0.1, -0.05) is 23.4 Å². The van der Waals surface area contributed by atoms with Gasteiger partial charge in [-0.3, -0.25) is 0 Å². The van der Waals surface area contributed by atoms with Crippen LogP contribution in [0.2, 0.25) is 0 Å². The highest BCUT2D eigenvalue weighted by Crippen LogP contribution is 2.30. The number of para-hydroxylation sites is 1. The smallest absolute Gasteiger partial charge is 0.226 e. The first-order valence-electron chi connectivity index (χ1n) is 7.01. The molecular formula is C15H19N3O2. The van der Waals surface area contributed by atoms with Gasteiger partial charge in [-0.25, -0.2) is 0 Å². The highest BCUT2D eigenvalue weighted by Gasteiger charge is 2.25. The zero-order chi connectivity index (χ0) is 13.9. The fourth-order valence-corrected chi connectivity index (χ4v) is 2.38. The third-order valence-corrected chi connectivity index (χ3v) is 3.54. The topological polar surface area (TPSA) is 74.2 Å². The van der Waals surface area contributed by atoms with Gasteiger partial charge in [0.1, 0.15) is 5.75 Å². The minimum atomic E-state index is 0.148. The molecule has 0 aliphatic carbocycles. The van der Waals surface area contributed by atoms with E-state index in [1.54, 1.807) is 0 Å². The number of nitrogens with two attached hydrogens (primary N) is 1. The maximum Gasteiger partial charge on any atom is 0.226 e. The zero-order valence-corrected chi connectivity index (χ0v) is 11.6. The summed E-state index contributed by atoms with van der Waals surface area (Å²) in [6.45, 7) is 2.58. The van der Waals surface area contributed by atoms with E-state index in [1.807, 2.05) is 25.1 Å². The van der Waals surface area contributed by atoms with Crippen molar-refractivity contribution in [3.63, 3.8) is 0 Å². The van der Waals surface area contributed by atoms with Gasteiger partial charge in [0.15, 0.2) is 5.82 Å². The Morgan fingerprint density at radius 3 is 3.10 bits per heavy atom. The molecule has 1 aliphatic rings. The van der Waals surface area contributed by atoms with E-state index < -0.39 is 0 Å². The molecule has 5 heteroatoms. The monoisotopic (exact) mass is 273 g/mol. The molecule has 0 saturated carbocycles. The van der Waals surface area contributed by atoms with Crippen LogP contribution in [0, 0.1) is 0 Å². The predicted octanol–water partition coefficient (Wildman–Crippen LogP) is 2.07. The molecule has 1 aliphatic heterocycles. The molecule has 0 amide bonds. The predicted molar refractivity (Wildman–Crippen MR) is 74.7 cm³/mol. The lowest BCUT2D eigenvalue weighted by molar-refractivity contribution is 0.253. The second-order valence-corrected chi connectivity index (χ2v) is 5.38. The van der Waals surface area contributed by atoms with Crippen molar-refractivity contribution in [2.45, 2.75) is 38.1 Å². The van der Waals surface area contributed by atoms with E-state index in [0.29, 0.717) is 12.5 Å². The average molecular weight is 273 g/mol. The van der Waals surface area contributed by atoms with Gasteiger partial charge in [-0.2, -0.15) is 4.98 Å². The summed E-state index contributed by atoms with van der Waals surface area (Å²) in [4.78, 5) is 4.47. The Morgan fingerprint density at radius 1 is 1.40 bits per heavy atom. The van der Waals surface area contributed by atoms with Crippen LogP contribution in [0.3, 0.4) is 0 Å². The summed E-state index contributed by atoms with van der Waals surface area (Å²) in [6.07, 6.45) is 2.48. The molecule has 0 bridgehead atoms. The summed E-state index contributed by atoms with van der Waals surface area (Å²) >= 11 is 0. The minimum absolute atomic E-state index is 0.148. The molecule has 2 N–H and O–H groups in total. The molecule has 2 atom stereocenters. The van der Waals surface area contributed by atoms with Crippen LogP contribution in [0.15, 0.2) is 28.8 Å². The Labute approximate surface area is 118 Å². The number of nitrogens with zero attached hydrogens (tertiary/aromatic N) is 2. The van der Waals surface area contributed by atoms with E-state index in [2.05, 4.69) is 16.2 Å². The maximum atomic E-state index is 5.76. The van der Waals surface area contributed by atoms with Crippen molar-refractivity contribution in [1.82, 2.24) is 10.1 Å². The van der Waals surface area contributed by atoms with E-state index in [1.165, 1.54) is 5.56 Å². The summed E-state index contributed by atoms with van der Waals surface area (Å²) in [5.74, 6) is 2.53. The van der Waals surface area contributed by atoms with Gasteiger partial charge in [0.2, 0.25) is 5.89 Å². The lowest BCUT2D eigenvalue weighted by atomic mass is 9.96. The lowest BCUT2D eigenvalue weighted by Gasteiger charge is -2.22. The molecule has 0 saturated heterocycles. The average Bonchev–Trinajstić information content (AvgIpc) is 2.93. The molecule has 5 nitrogen and oxygen atoms in total. The first kappa shape index (κ1) is 13.1. The fraction of sp³-hybridized carbons (Fsp3) is 0.467. The fourth-order valence-electron chi connectivity index (χ4n) is 2.38. The summed E-state index contributed by atoms with van der Waals surface area (Å²) in [7, 11) is 0. The van der Waals surface area contributed by atoms with Crippen LogP contribution in [-0.4, -0.2) is 22.8 Å². The van der Waals surface area contributed by atoms with E-state index >= 15 is 0 Å². The highest BCUT2D eigenvalue weighted by atomic mass is 16.5. The van der Waals surface area contributed by atoms with Gasteiger partial charge in [0.25, 0.3) is 0 Å². The number of rotatable bonds is 4. The normalized spacial score (nSPS) is 19.2. The molecule has 3 rings (SSSR count). The number of ether oxygens (including phenoxy) is 1. The number of aryl methyl sites for hydroxylation is 1. The quantitative estimate of drug-likeness (QED) is 0.923. The number of aromatic nitrogens is 2. The molecule has 0 radical (unpaired) electrons. The molecular weight excluding hydrogens is 254 g/mol. The third-order valence-electron chi connectivity index (χ3n) is 3.54. The molecule has 2 heterocycles. The van der Waals surface area contributed by atoms with Crippen LogP contribution in [0.5, 0.6) is 5.75 Å². The van der Waals surface area contributed by atoms with Gasteiger partial charge in [-0.05, 0) is 31.4 Å². The Balaban J connectivity index is 1.69. The second kappa shape index (κ2) is 5.63.